The molecule has 1 aromatic rings. The van der Waals surface area contributed by atoms with Gasteiger partial charge < -0.3 is 11.1 Å². The summed E-state index contributed by atoms with van der Waals surface area (Å²) >= 11 is 1.67. The first-order chi connectivity index (χ1) is 9.04. The van der Waals surface area contributed by atoms with Crippen molar-refractivity contribution in [2.75, 3.05) is 12.3 Å². The van der Waals surface area contributed by atoms with Gasteiger partial charge in [-0.25, -0.2) is 0 Å². The zero-order valence-electron chi connectivity index (χ0n) is 12.0. The van der Waals surface area contributed by atoms with Gasteiger partial charge >= 0.3 is 0 Å². The Morgan fingerprint density at radius 1 is 1.32 bits per heavy atom. The molecule has 0 heterocycles. The van der Waals surface area contributed by atoms with Crippen LogP contribution in [-0.4, -0.2) is 18.2 Å². The highest BCUT2D eigenvalue weighted by Crippen LogP contribution is 2.23. The van der Waals surface area contributed by atoms with Crippen LogP contribution in [-0.2, 0) is 4.79 Å². The fraction of sp³-hybridized carbons (Fsp3) is 0.533. The minimum Gasteiger partial charge on any atom is -0.369 e. The van der Waals surface area contributed by atoms with E-state index in [0.717, 1.165) is 18.7 Å². The summed E-state index contributed by atoms with van der Waals surface area (Å²) in [6.07, 6.45) is 1.14. The largest absolute Gasteiger partial charge is 0.369 e. The molecule has 1 amide bonds. The zero-order valence-corrected chi connectivity index (χ0v) is 12.8. The lowest BCUT2D eigenvalue weighted by molar-refractivity contribution is -0.120. The first-order valence-corrected chi connectivity index (χ1v) is 7.78. The smallest absolute Gasteiger partial charge is 0.221 e. The maximum atomic E-state index is 11.0. The van der Waals surface area contributed by atoms with Gasteiger partial charge in [0.1, 0.15) is 0 Å². The van der Waals surface area contributed by atoms with Gasteiger partial charge in [-0.1, -0.05) is 26.0 Å². The van der Waals surface area contributed by atoms with Gasteiger partial charge in [0.05, 0.1) is 0 Å². The molecule has 3 nitrogen and oxygen atoms in total. The van der Waals surface area contributed by atoms with Crippen molar-refractivity contribution in [3.05, 3.63) is 29.8 Å². The monoisotopic (exact) mass is 280 g/mol. The zero-order chi connectivity index (χ0) is 14.3. The highest BCUT2D eigenvalue weighted by molar-refractivity contribution is 7.99. The lowest BCUT2D eigenvalue weighted by atomic mass is 10.1. The number of hydrogen-bond acceptors (Lipinski definition) is 3. The van der Waals surface area contributed by atoms with Gasteiger partial charge in [-0.3, -0.25) is 4.79 Å². The number of rotatable bonds is 8. The summed E-state index contributed by atoms with van der Waals surface area (Å²) in [4.78, 5) is 12.1. The Bertz CT molecular complexity index is 392. The van der Waals surface area contributed by atoms with Gasteiger partial charge in [-0.15, -0.1) is 11.8 Å². The first kappa shape index (κ1) is 16.1. The second-order valence-corrected chi connectivity index (χ2v) is 5.95. The Hall–Kier alpha value is -1.00. The molecule has 0 bridgehead atoms. The lowest BCUT2D eigenvalue weighted by Crippen LogP contribution is -2.22. The summed E-state index contributed by atoms with van der Waals surface area (Å²) in [6, 6.07) is 8.88. The summed E-state index contributed by atoms with van der Waals surface area (Å²) in [5.41, 5.74) is 6.54. The van der Waals surface area contributed by atoms with Crippen molar-refractivity contribution < 1.29 is 4.79 Å². The average Bonchev–Trinajstić information content (AvgIpc) is 2.42. The van der Waals surface area contributed by atoms with Crippen LogP contribution in [0.1, 0.15) is 38.8 Å². The second-order valence-electron chi connectivity index (χ2n) is 4.86. The predicted octanol–water partition coefficient (Wildman–Crippen LogP) is 2.96. The molecule has 0 aliphatic heterocycles. The van der Waals surface area contributed by atoms with Crippen LogP contribution in [0.15, 0.2) is 29.2 Å². The second kappa shape index (κ2) is 8.23. The molecule has 1 rings (SSSR count). The summed E-state index contributed by atoms with van der Waals surface area (Å²) < 4.78 is 0. The Kier molecular flexibility index (Phi) is 6.95. The third-order valence-electron chi connectivity index (χ3n) is 3.07. The number of amides is 1. The maximum Gasteiger partial charge on any atom is 0.221 e. The number of hydrogen-bond donors (Lipinski definition) is 2. The molecule has 1 aromatic carbocycles. The predicted molar refractivity (Wildman–Crippen MR) is 82.2 cm³/mol. The quantitative estimate of drug-likeness (QED) is 0.720. The number of primary amides is 1. The Morgan fingerprint density at radius 2 is 1.95 bits per heavy atom. The molecule has 3 N–H and O–H groups in total. The third-order valence-corrected chi connectivity index (χ3v) is 4.34. The van der Waals surface area contributed by atoms with Gasteiger partial charge in [0.25, 0.3) is 0 Å². The molecule has 4 heteroatoms. The van der Waals surface area contributed by atoms with Gasteiger partial charge in [0.2, 0.25) is 5.91 Å². The van der Waals surface area contributed by atoms with Crippen LogP contribution < -0.4 is 11.1 Å². The van der Waals surface area contributed by atoms with Crippen molar-refractivity contribution in [1.82, 2.24) is 5.32 Å². The van der Waals surface area contributed by atoms with E-state index in [0.29, 0.717) is 6.04 Å². The van der Waals surface area contributed by atoms with Crippen LogP contribution >= 0.6 is 11.8 Å². The number of carbonyl (C=O) groups is 1. The molecule has 0 aliphatic carbocycles. The van der Waals surface area contributed by atoms with E-state index in [4.69, 9.17) is 5.73 Å². The van der Waals surface area contributed by atoms with Crippen molar-refractivity contribution in [3.8, 4) is 0 Å². The molecule has 0 saturated heterocycles. The van der Waals surface area contributed by atoms with Gasteiger partial charge in [-0.2, -0.15) is 0 Å². The van der Waals surface area contributed by atoms with Gasteiger partial charge in [-0.05, 0) is 37.6 Å². The van der Waals surface area contributed by atoms with E-state index < -0.39 is 0 Å². The molecular weight excluding hydrogens is 256 g/mol. The molecule has 0 radical (unpaired) electrons. The number of carbonyl (C=O) groups excluding carboxylic acids is 1. The first-order valence-electron chi connectivity index (χ1n) is 6.80. The molecule has 0 saturated carbocycles. The van der Waals surface area contributed by atoms with Crippen molar-refractivity contribution in [3.63, 3.8) is 0 Å². The highest BCUT2D eigenvalue weighted by Gasteiger charge is 2.09. The standard InChI is InChI=1S/C15H24N2OS/c1-4-9-17-12(3)13-5-7-14(8-6-13)19-10-11(2)15(16)18/h5-8,11-12,17H,4,9-10H2,1-3H3,(H2,16,18). The molecule has 2 atom stereocenters. The van der Waals surface area contributed by atoms with Crippen LogP contribution in [0, 0.1) is 5.92 Å². The number of benzene rings is 1. The third kappa shape index (κ3) is 5.66. The van der Waals surface area contributed by atoms with Gasteiger partial charge in [0.15, 0.2) is 0 Å². The van der Waals surface area contributed by atoms with Crippen molar-refractivity contribution >= 4 is 17.7 Å². The Labute approximate surface area is 120 Å². The van der Waals surface area contributed by atoms with Crippen molar-refractivity contribution in [2.24, 2.45) is 11.7 Å². The van der Waals surface area contributed by atoms with E-state index in [1.165, 1.54) is 10.5 Å². The number of nitrogens with one attached hydrogen (secondary N) is 1. The van der Waals surface area contributed by atoms with Crippen LogP contribution in [0.25, 0.3) is 0 Å². The van der Waals surface area contributed by atoms with Crippen LogP contribution in [0.3, 0.4) is 0 Å². The van der Waals surface area contributed by atoms with E-state index in [2.05, 4.69) is 43.4 Å². The molecule has 19 heavy (non-hydrogen) atoms. The molecular formula is C15H24N2OS. The lowest BCUT2D eigenvalue weighted by Gasteiger charge is -2.14. The fourth-order valence-corrected chi connectivity index (χ4v) is 2.57. The normalized spacial score (nSPS) is 14.1. The average molecular weight is 280 g/mol. The van der Waals surface area contributed by atoms with Crippen LogP contribution in [0.2, 0.25) is 0 Å². The summed E-state index contributed by atoms with van der Waals surface area (Å²) in [5, 5.41) is 3.47. The maximum absolute atomic E-state index is 11.0. The highest BCUT2D eigenvalue weighted by atomic mass is 32.2. The molecule has 0 aliphatic rings. The van der Waals surface area contributed by atoms with E-state index in [1.54, 1.807) is 11.8 Å². The fourth-order valence-electron chi connectivity index (χ4n) is 1.63. The molecule has 0 aromatic heterocycles. The van der Waals surface area contributed by atoms with E-state index in [-0.39, 0.29) is 11.8 Å². The van der Waals surface area contributed by atoms with Gasteiger partial charge in [0, 0.05) is 22.6 Å². The van der Waals surface area contributed by atoms with E-state index >= 15 is 0 Å². The molecule has 0 fully saturated rings. The number of thioether (sulfide) groups is 1. The SMILES string of the molecule is CCCNC(C)c1ccc(SCC(C)C(N)=O)cc1. The van der Waals surface area contributed by atoms with E-state index in [9.17, 15) is 4.79 Å². The molecule has 106 valence electrons. The van der Waals surface area contributed by atoms with E-state index in [1.807, 2.05) is 6.92 Å². The minimum atomic E-state index is -0.235. The minimum absolute atomic E-state index is 0.0881. The summed E-state index contributed by atoms with van der Waals surface area (Å²) in [7, 11) is 0. The van der Waals surface area contributed by atoms with Crippen LogP contribution in [0.4, 0.5) is 0 Å². The van der Waals surface area contributed by atoms with Crippen molar-refractivity contribution in [1.29, 1.82) is 0 Å². The summed E-state index contributed by atoms with van der Waals surface area (Å²) in [6.45, 7) is 7.24. The van der Waals surface area contributed by atoms with Crippen molar-refractivity contribution in [2.45, 2.75) is 38.1 Å². The topological polar surface area (TPSA) is 55.1 Å². The number of nitrogens with two attached hydrogens (primary N) is 1. The summed E-state index contributed by atoms with van der Waals surface area (Å²) in [5.74, 6) is 0.412. The molecule has 0 spiro atoms. The molecule has 2 unspecified atom stereocenters. The Balaban J connectivity index is 2.49. The Morgan fingerprint density at radius 3 is 2.47 bits per heavy atom. The van der Waals surface area contributed by atoms with Crippen LogP contribution in [0.5, 0.6) is 0 Å².